The average molecular weight is 345 g/mol. The van der Waals surface area contributed by atoms with E-state index in [1.54, 1.807) is 12.1 Å². The van der Waals surface area contributed by atoms with E-state index in [1.165, 1.54) is 12.1 Å². The molecule has 0 spiro atoms. The van der Waals surface area contributed by atoms with Gasteiger partial charge in [0.15, 0.2) is 0 Å². The first-order valence-corrected chi connectivity index (χ1v) is 8.65. The summed E-state index contributed by atoms with van der Waals surface area (Å²) in [6.45, 7) is 0. The SMILES string of the molecule is C#CC(CCCc1cccc(Oc2ccccc2)n1)c1ccc(F)cc1. The normalized spacial score (nSPS) is 11.5. The van der Waals surface area contributed by atoms with Crippen molar-refractivity contribution < 1.29 is 9.13 Å². The Kier molecular flexibility index (Phi) is 6.01. The summed E-state index contributed by atoms with van der Waals surface area (Å²) in [5, 5.41) is 0. The van der Waals surface area contributed by atoms with Gasteiger partial charge in [0.2, 0.25) is 5.88 Å². The lowest BCUT2D eigenvalue weighted by atomic mass is 9.94. The Morgan fingerprint density at radius 2 is 1.73 bits per heavy atom. The molecule has 0 fully saturated rings. The second-order valence-electron chi connectivity index (χ2n) is 6.05. The molecule has 26 heavy (non-hydrogen) atoms. The third-order valence-electron chi connectivity index (χ3n) is 4.15. The Morgan fingerprint density at radius 3 is 2.46 bits per heavy atom. The smallest absolute Gasteiger partial charge is 0.219 e. The first-order chi connectivity index (χ1) is 12.7. The summed E-state index contributed by atoms with van der Waals surface area (Å²) >= 11 is 0. The fourth-order valence-electron chi connectivity index (χ4n) is 2.79. The molecule has 1 unspecified atom stereocenters. The molecule has 0 amide bonds. The maximum Gasteiger partial charge on any atom is 0.219 e. The molecule has 130 valence electrons. The number of pyridine rings is 1. The second kappa shape index (κ2) is 8.82. The molecule has 1 atom stereocenters. The van der Waals surface area contributed by atoms with Gasteiger partial charge in [-0.25, -0.2) is 9.37 Å². The number of halogens is 1. The molecule has 0 saturated heterocycles. The molecule has 0 radical (unpaired) electrons. The van der Waals surface area contributed by atoms with Crippen LogP contribution in [0.2, 0.25) is 0 Å². The van der Waals surface area contributed by atoms with Crippen LogP contribution in [0.3, 0.4) is 0 Å². The summed E-state index contributed by atoms with van der Waals surface area (Å²) < 4.78 is 18.8. The van der Waals surface area contributed by atoms with E-state index in [0.717, 1.165) is 36.3 Å². The summed E-state index contributed by atoms with van der Waals surface area (Å²) in [4.78, 5) is 4.55. The monoisotopic (exact) mass is 345 g/mol. The van der Waals surface area contributed by atoms with Crippen molar-refractivity contribution in [1.82, 2.24) is 4.98 Å². The van der Waals surface area contributed by atoms with E-state index < -0.39 is 0 Å². The fraction of sp³-hybridized carbons (Fsp3) is 0.174. The number of ether oxygens (including phenoxy) is 1. The van der Waals surface area contributed by atoms with Crippen LogP contribution in [0.5, 0.6) is 11.6 Å². The van der Waals surface area contributed by atoms with Gasteiger partial charge < -0.3 is 4.74 Å². The van der Waals surface area contributed by atoms with Crippen LogP contribution in [-0.2, 0) is 6.42 Å². The quantitative estimate of drug-likeness (QED) is 0.508. The number of hydrogen-bond donors (Lipinski definition) is 0. The van der Waals surface area contributed by atoms with E-state index >= 15 is 0 Å². The lowest BCUT2D eigenvalue weighted by Gasteiger charge is -2.11. The van der Waals surface area contributed by atoms with Gasteiger partial charge in [-0.15, -0.1) is 6.42 Å². The van der Waals surface area contributed by atoms with Crippen LogP contribution in [-0.4, -0.2) is 4.98 Å². The third-order valence-corrected chi connectivity index (χ3v) is 4.15. The summed E-state index contributed by atoms with van der Waals surface area (Å²) in [5.74, 6) is 3.89. The van der Waals surface area contributed by atoms with Gasteiger partial charge in [-0.1, -0.05) is 42.3 Å². The number of benzene rings is 2. The standard InChI is InChI=1S/C23H20FNO/c1-2-18(19-14-16-20(24)17-15-19)8-6-9-21-10-7-13-23(25-21)26-22-11-4-3-5-12-22/h1,3-5,7,10-18H,6,8-9H2. The predicted molar refractivity (Wildman–Crippen MR) is 102 cm³/mol. The maximum absolute atomic E-state index is 13.0. The molecule has 2 nitrogen and oxygen atoms in total. The van der Waals surface area contributed by atoms with Crippen molar-refractivity contribution in [2.75, 3.05) is 0 Å². The van der Waals surface area contributed by atoms with Crippen molar-refractivity contribution in [3.05, 3.63) is 89.9 Å². The van der Waals surface area contributed by atoms with Crippen LogP contribution >= 0.6 is 0 Å². The van der Waals surface area contributed by atoms with Crippen molar-refractivity contribution in [2.24, 2.45) is 0 Å². The molecule has 0 bridgehead atoms. The molecule has 0 aliphatic heterocycles. The molecule has 1 aromatic heterocycles. The average Bonchev–Trinajstić information content (AvgIpc) is 2.67. The summed E-state index contributed by atoms with van der Waals surface area (Å²) in [6, 6.07) is 21.8. The highest BCUT2D eigenvalue weighted by Crippen LogP contribution is 2.23. The molecule has 3 heteroatoms. The van der Waals surface area contributed by atoms with Crippen LogP contribution in [0, 0.1) is 18.2 Å². The number of nitrogens with zero attached hydrogens (tertiary/aromatic N) is 1. The van der Waals surface area contributed by atoms with Gasteiger partial charge in [0.25, 0.3) is 0 Å². The number of hydrogen-bond acceptors (Lipinski definition) is 2. The Labute approximate surface area is 153 Å². The molecule has 3 rings (SSSR count). The molecule has 2 aromatic carbocycles. The van der Waals surface area contributed by atoms with Gasteiger partial charge in [-0.3, -0.25) is 0 Å². The zero-order valence-corrected chi connectivity index (χ0v) is 14.4. The number of para-hydroxylation sites is 1. The predicted octanol–water partition coefficient (Wildman–Crippen LogP) is 5.75. The van der Waals surface area contributed by atoms with Gasteiger partial charge in [-0.2, -0.15) is 0 Å². The molecule has 3 aromatic rings. The van der Waals surface area contributed by atoms with Crippen molar-refractivity contribution in [1.29, 1.82) is 0 Å². The highest BCUT2D eigenvalue weighted by atomic mass is 19.1. The summed E-state index contributed by atoms with van der Waals surface area (Å²) in [6.07, 6.45) is 8.19. The largest absolute Gasteiger partial charge is 0.439 e. The number of terminal acetylenes is 1. The number of aryl methyl sites for hydroxylation is 1. The van der Waals surface area contributed by atoms with Gasteiger partial charge in [0, 0.05) is 17.7 Å². The van der Waals surface area contributed by atoms with Crippen molar-refractivity contribution in [3.63, 3.8) is 0 Å². The number of rotatable bonds is 7. The highest BCUT2D eigenvalue weighted by Gasteiger charge is 2.09. The van der Waals surface area contributed by atoms with E-state index in [-0.39, 0.29) is 11.7 Å². The lowest BCUT2D eigenvalue weighted by Crippen LogP contribution is -1.99. The third kappa shape index (κ3) is 4.94. The maximum atomic E-state index is 13.0. The first kappa shape index (κ1) is 17.7. The van der Waals surface area contributed by atoms with Crippen LogP contribution < -0.4 is 4.74 Å². The topological polar surface area (TPSA) is 22.1 Å². The summed E-state index contributed by atoms with van der Waals surface area (Å²) in [5.41, 5.74) is 1.94. The van der Waals surface area contributed by atoms with E-state index in [9.17, 15) is 4.39 Å². The molecule has 0 N–H and O–H groups in total. The van der Waals surface area contributed by atoms with Gasteiger partial charge in [0.1, 0.15) is 11.6 Å². The van der Waals surface area contributed by atoms with Crippen LogP contribution in [0.25, 0.3) is 0 Å². The Hall–Kier alpha value is -3.12. The van der Waals surface area contributed by atoms with Crippen molar-refractivity contribution >= 4 is 0 Å². The van der Waals surface area contributed by atoms with E-state index in [4.69, 9.17) is 11.2 Å². The molecule has 0 aliphatic carbocycles. The Bertz CT molecular complexity index is 869. The molecular weight excluding hydrogens is 325 g/mol. The molecule has 0 saturated carbocycles. The number of aromatic nitrogens is 1. The van der Waals surface area contributed by atoms with Gasteiger partial charge >= 0.3 is 0 Å². The lowest BCUT2D eigenvalue weighted by molar-refractivity contribution is 0.460. The van der Waals surface area contributed by atoms with Crippen LogP contribution in [0.1, 0.15) is 30.0 Å². The minimum absolute atomic E-state index is 0.0145. The molecule has 1 heterocycles. The van der Waals surface area contributed by atoms with Crippen molar-refractivity contribution in [3.8, 4) is 24.0 Å². The zero-order chi connectivity index (χ0) is 18.2. The van der Waals surface area contributed by atoms with E-state index in [0.29, 0.717) is 5.88 Å². The molecular formula is C23H20FNO. The van der Waals surface area contributed by atoms with E-state index in [2.05, 4.69) is 10.9 Å². The zero-order valence-electron chi connectivity index (χ0n) is 14.4. The van der Waals surface area contributed by atoms with Crippen LogP contribution in [0.4, 0.5) is 4.39 Å². The minimum Gasteiger partial charge on any atom is -0.439 e. The summed E-state index contributed by atoms with van der Waals surface area (Å²) in [7, 11) is 0. The van der Waals surface area contributed by atoms with Gasteiger partial charge in [0.05, 0.1) is 0 Å². The minimum atomic E-state index is -0.246. The van der Waals surface area contributed by atoms with E-state index in [1.807, 2.05) is 48.5 Å². The molecule has 0 aliphatic rings. The first-order valence-electron chi connectivity index (χ1n) is 8.65. The van der Waals surface area contributed by atoms with Crippen LogP contribution in [0.15, 0.2) is 72.8 Å². The Balaban J connectivity index is 1.57. The Morgan fingerprint density at radius 1 is 0.962 bits per heavy atom. The highest BCUT2D eigenvalue weighted by molar-refractivity contribution is 5.28. The fourth-order valence-corrected chi connectivity index (χ4v) is 2.79. The van der Waals surface area contributed by atoms with Gasteiger partial charge in [-0.05, 0) is 55.2 Å². The van der Waals surface area contributed by atoms with Crippen molar-refractivity contribution in [2.45, 2.75) is 25.2 Å². The second-order valence-corrected chi connectivity index (χ2v) is 6.05.